The molecule has 3 aromatic rings. The van der Waals surface area contributed by atoms with Gasteiger partial charge in [0.05, 0.1) is 25.6 Å². The molecule has 29 heavy (non-hydrogen) atoms. The second kappa shape index (κ2) is 8.82. The Hall–Kier alpha value is -3.28. The molecular formula is C23H26N4O2. The molecule has 1 heterocycles. The molecule has 0 saturated heterocycles. The Morgan fingerprint density at radius 1 is 0.897 bits per heavy atom. The highest BCUT2D eigenvalue weighted by molar-refractivity contribution is 5.71. The summed E-state index contributed by atoms with van der Waals surface area (Å²) in [5.41, 5.74) is 2.70. The molecule has 1 fully saturated rings. The van der Waals surface area contributed by atoms with Crippen LogP contribution in [-0.4, -0.2) is 30.2 Å². The van der Waals surface area contributed by atoms with Crippen LogP contribution in [0.2, 0.25) is 0 Å². The third-order valence-corrected chi connectivity index (χ3v) is 5.15. The summed E-state index contributed by atoms with van der Waals surface area (Å²) in [6, 6.07) is 18.2. The molecule has 1 aliphatic rings. The Labute approximate surface area is 171 Å². The van der Waals surface area contributed by atoms with E-state index in [0.29, 0.717) is 17.8 Å². The standard InChI is InChI=1S/C23H26N4O2/c1-28-18-12-13-21(29-2)20(14-18)25-22-15-19(16-8-4-3-5-9-16)26-23(27-22)24-17-10-6-7-11-17/h3-5,8-9,12-15,17H,6-7,10-11H2,1-2H3,(H2,24,25,26,27). The van der Waals surface area contributed by atoms with Gasteiger partial charge in [0, 0.05) is 23.7 Å². The minimum Gasteiger partial charge on any atom is -0.497 e. The Balaban J connectivity index is 1.70. The lowest BCUT2D eigenvalue weighted by atomic mass is 10.1. The molecule has 2 N–H and O–H groups in total. The second-order valence-corrected chi connectivity index (χ2v) is 7.14. The first-order valence-electron chi connectivity index (χ1n) is 9.95. The largest absolute Gasteiger partial charge is 0.497 e. The average Bonchev–Trinajstić information content (AvgIpc) is 3.27. The summed E-state index contributed by atoms with van der Waals surface area (Å²) in [5, 5.41) is 6.89. The van der Waals surface area contributed by atoms with E-state index in [9.17, 15) is 0 Å². The van der Waals surface area contributed by atoms with E-state index in [2.05, 4.69) is 22.8 Å². The fraction of sp³-hybridized carbons (Fsp3) is 0.304. The van der Waals surface area contributed by atoms with E-state index in [4.69, 9.17) is 19.4 Å². The monoisotopic (exact) mass is 390 g/mol. The van der Waals surface area contributed by atoms with Crippen LogP contribution in [0.1, 0.15) is 25.7 Å². The molecule has 6 heteroatoms. The average molecular weight is 390 g/mol. The number of nitrogens with one attached hydrogen (secondary N) is 2. The van der Waals surface area contributed by atoms with E-state index in [1.54, 1.807) is 14.2 Å². The van der Waals surface area contributed by atoms with Crippen molar-refractivity contribution in [1.29, 1.82) is 0 Å². The Morgan fingerprint density at radius 3 is 2.41 bits per heavy atom. The summed E-state index contributed by atoms with van der Waals surface area (Å²) in [4.78, 5) is 9.49. The summed E-state index contributed by atoms with van der Waals surface area (Å²) in [7, 11) is 3.29. The first-order valence-corrected chi connectivity index (χ1v) is 9.95. The lowest BCUT2D eigenvalue weighted by molar-refractivity contribution is 0.405. The van der Waals surface area contributed by atoms with Crippen molar-refractivity contribution in [2.45, 2.75) is 31.7 Å². The van der Waals surface area contributed by atoms with Crippen LogP contribution in [0.3, 0.4) is 0 Å². The number of benzene rings is 2. The number of aromatic nitrogens is 2. The topological polar surface area (TPSA) is 68.3 Å². The van der Waals surface area contributed by atoms with E-state index in [0.717, 1.165) is 41.3 Å². The van der Waals surface area contributed by atoms with Gasteiger partial charge >= 0.3 is 0 Å². The van der Waals surface area contributed by atoms with Gasteiger partial charge in [-0.25, -0.2) is 4.98 Å². The van der Waals surface area contributed by atoms with Crippen molar-refractivity contribution in [1.82, 2.24) is 9.97 Å². The maximum absolute atomic E-state index is 5.49. The predicted molar refractivity (Wildman–Crippen MR) is 116 cm³/mol. The molecule has 0 spiro atoms. The van der Waals surface area contributed by atoms with Gasteiger partial charge in [-0.15, -0.1) is 0 Å². The van der Waals surface area contributed by atoms with Crippen molar-refractivity contribution in [3.05, 3.63) is 54.6 Å². The van der Waals surface area contributed by atoms with Crippen LogP contribution >= 0.6 is 0 Å². The zero-order valence-electron chi connectivity index (χ0n) is 16.8. The number of nitrogens with zero attached hydrogens (tertiary/aromatic N) is 2. The van der Waals surface area contributed by atoms with Gasteiger partial charge < -0.3 is 20.1 Å². The number of ether oxygens (including phenoxy) is 2. The number of rotatable bonds is 7. The highest BCUT2D eigenvalue weighted by Crippen LogP contribution is 2.32. The maximum atomic E-state index is 5.49. The van der Waals surface area contributed by atoms with Crippen LogP contribution in [0.5, 0.6) is 11.5 Å². The smallest absolute Gasteiger partial charge is 0.225 e. The van der Waals surface area contributed by atoms with Gasteiger partial charge in [-0.1, -0.05) is 43.2 Å². The third kappa shape index (κ3) is 4.59. The SMILES string of the molecule is COc1ccc(OC)c(Nc2cc(-c3ccccc3)nc(NC3CCCC3)n2)c1. The van der Waals surface area contributed by atoms with Gasteiger partial charge in [0.1, 0.15) is 17.3 Å². The fourth-order valence-corrected chi connectivity index (χ4v) is 3.64. The maximum Gasteiger partial charge on any atom is 0.225 e. The summed E-state index contributed by atoms with van der Waals surface area (Å²) < 4.78 is 10.8. The van der Waals surface area contributed by atoms with E-state index in [1.807, 2.05) is 42.5 Å². The molecule has 1 saturated carbocycles. The van der Waals surface area contributed by atoms with Gasteiger partial charge in [0.25, 0.3) is 0 Å². The molecule has 0 atom stereocenters. The van der Waals surface area contributed by atoms with Gasteiger partial charge in [0.2, 0.25) is 5.95 Å². The van der Waals surface area contributed by atoms with Crippen LogP contribution in [0.4, 0.5) is 17.5 Å². The number of anilines is 3. The predicted octanol–water partition coefficient (Wildman–Crippen LogP) is 5.26. The summed E-state index contributed by atoms with van der Waals surface area (Å²) in [5.74, 6) is 2.81. The molecule has 2 aromatic carbocycles. The van der Waals surface area contributed by atoms with E-state index < -0.39 is 0 Å². The Morgan fingerprint density at radius 2 is 1.69 bits per heavy atom. The minimum absolute atomic E-state index is 0.431. The zero-order valence-corrected chi connectivity index (χ0v) is 16.8. The van der Waals surface area contributed by atoms with Gasteiger partial charge in [-0.2, -0.15) is 4.98 Å². The summed E-state index contributed by atoms with van der Waals surface area (Å²) >= 11 is 0. The molecule has 0 unspecified atom stereocenters. The van der Waals surface area contributed by atoms with Gasteiger partial charge in [-0.3, -0.25) is 0 Å². The molecule has 0 bridgehead atoms. The Bertz CT molecular complexity index is 956. The summed E-state index contributed by atoms with van der Waals surface area (Å²) in [6.07, 6.45) is 4.82. The summed E-state index contributed by atoms with van der Waals surface area (Å²) in [6.45, 7) is 0. The molecular weight excluding hydrogens is 364 g/mol. The second-order valence-electron chi connectivity index (χ2n) is 7.14. The lowest BCUT2D eigenvalue weighted by Gasteiger charge is -2.16. The van der Waals surface area contributed by atoms with Crippen LogP contribution in [0, 0.1) is 0 Å². The first kappa shape index (κ1) is 19.1. The molecule has 1 aliphatic carbocycles. The van der Waals surface area contributed by atoms with Crippen LogP contribution in [-0.2, 0) is 0 Å². The highest BCUT2D eigenvalue weighted by Gasteiger charge is 2.17. The van der Waals surface area contributed by atoms with E-state index >= 15 is 0 Å². The molecule has 4 rings (SSSR count). The first-order chi connectivity index (χ1) is 14.2. The molecule has 0 amide bonds. The van der Waals surface area contributed by atoms with Crippen molar-refractivity contribution in [2.75, 3.05) is 24.9 Å². The molecule has 6 nitrogen and oxygen atoms in total. The van der Waals surface area contributed by atoms with Crippen molar-refractivity contribution >= 4 is 17.5 Å². The molecule has 0 radical (unpaired) electrons. The van der Waals surface area contributed by atoms with Gasteiger partial charge in [-0.05, 0) is 25.0 Å². The molecule has 0 aliphatic heterocycles. The van der Waals surface area contributed by atoms with E-state index in [-0.39, 0.29) is 0 Å². The normalized spacial score (nSPS) is 13.9. The number of hydrogen-bond acceptors (Lipinski definition) is 6. The third-order valence-electron chi connectivity index (χ3n) is 5.15. The van der Waals surface area contributed by atoms with Crippen LogP contribution in [0.15, 0.2) is 54.6 Å². The van der Waals surface area contributed by atoms with Crippen LogP contribution in [0.25, 0.3) is 11.3 Å². The fourth-order valence-electron chi connectivity index (χ4n) is 3.64. The quantitative estimate of drug-likeness (QED) is 0.574. The highest BCUT2D eigenvalue weighted by atomic mass is 16.5. The minimum atomic E-state index is 0.431. The van der Waals surface area contributed by atoms with Crippen molar-refractivity contribution < 1.29 is 9.47 Å². The van der Waals surface area contributed by atoms with Crippen molar-refractivity contribution in [3.63, 3.8) is 0 Å². The van der Waals surface area contributed by atoms with E-state index in [1.165, 1.54) is 12.8 Å². The number of hydrogen-bond donors (Lipinski definition) is 2. The van der Waals surface area contributed by atoms with Crippen molar-refractivity contribution in [2.24, 2.45) is 0 Å². The van der Waals surface area contributed by atoms with Gasteiger partial charge in [0.15, 0.2) is 0 Å². The van der Waals surface area contributed by atoms with Crippen LogP contribution < -0.4 is 20.1 Å². The molecule has 150 valence electrons. The number of methoxy groups -OCH3 is 2. The Kier molecular flexibility index (Phi) is 5.79. The van der Waals surface area contributed by atoms with Crippen molar-refractivity contribution in [3.8, 4) is 22.8 Å². The zero-order chi connectivity index (χ0) is 20.1. The lowest BCUT2D eigenvalue weighted by Crippen LogP contribution is -2.17. The molecule has 1 aromatic heterocycles.